The topological polar surface area (TPSA) is 47.6 Å². The molecule has 0 spiro atoms. The molecule has 4 nitrogen and oxygen atoms in total. The van der Waals surface area contributed by atoms with Crippen molar-refractivity contribution < 1.29 is 14.3 Å². The van der Waals surface area contributed by atoms with Gasteiger partial charge in [0.15, 0.2) is 17.6 Å². The highest BCUT2D eigenvalue weighted by Gasteiger charge is 2.21. The molecule has 2 aromatic carbocycles. The van der Waals surface area contributed by atoms with Crippen LogP contribution in [-0.2, 0) is 4.79 Å². The Labute approximate surface area is 137 Å². The lowest BCUT2D eigenvalue weighted by Crippen LogP contribution is -2.33. The van der Waals surface area contributed by atoms with E-state index in [4.69, 9.17) is 9.47 Å². The van der Waals surface area contributed by atoms with Crippen LogP contribution in [0.25, 0.3) is 0 Å². The van der Waals surface area contributed by atoms with E-state index in [1.54, 1.807) is 13.2 Å². The molecular formula is C19H23NO3. The summed E-state index contributed by atoms with van der Waals surface area (Å²) in [6.07, 6.45) is -0.0141. The van der Waals surface area contributed by atoms with Crippen LogP contribution in [0.4, 0.5) is 5.69 Å². The SMILES string of the molecule is CCC(Oc1ccccc1OC)C(=O)Nc1c(C)cccc1C. The van der Waals surface area contributed by atoms with Gasteiger partial charge in [-0.3, -0.25) is 4.79 Å². The Balaban J connectivity index is 2.16. The number of carbonyl (C=O) groups is 1. The lowest BCUT2D eigenvalue weighted by molar-refractivity contribution is -0.122. The number of para-hydroxylation sites is 3. The summed E-state index contributed by atoms with van der Waals surface area (Å²) in [6.45, 7) is 5.87. The maximum atomic E-state index is 12.6. The fourth-order valence-electron chi connectivity index (χ4n) is 2.41. The summed E-state index contributed by atoms with van der Waals surface area (Å²) in [5, 5.41) is 2.98. The fraction of sp³-hybridized carbons (Fsp3) is 0.316. The maximum Gasteiger partial charge on any atom is 0.265 e. The highest BCUT2D eigenvalue weighted by molar-refractivity contribution is 5.95. The van der Waals surface area contributed by atoms with Crippen LogP contribution in [0.3, 0.4) is 0 Å². The smallest absolute Gasteiger partial charge is 0.265 e. The van der Waals surface area contributed by atoms with Crippen molar-refractivity contribution in [2.75, 3.05) is 12.4 Å². The van der Waals surface area contributed by atoms with Crippen molar-refractivity contribution in [3.63, 3.8) is 0 Å². The van der Waals surface area contributed by atoms with Gasteiger partial charge in [0.1, 0.15) is 0 Å². The molecule has 0 saturated carbocycles. The molecule has 0 aliphatic carbocycles. The average Bonchev–Trinajstić information content (AvgIpc) is 2.56. The summed E-state index contributed by atoms with van der Waals surface area (Å²) in [4.78, 5) is 12.6. The molecule has 0 saturated heterocycles. The highest BCUT2D eigenvalue weighted by Crippen LogP contribution is 2.28. The Kier molecular flexibility index (Phi) is 5.63. The number of nitrogens with one attached hydrogen (secondary N) is 1. The number of carbonyl (C=O) groups excluding carboxylic acids is 1. The van der Waals surface area contributed by atoms with Gasteiger partial charge in [-0.1, -0.05) is 37.3 Å². The third-order valence-electron chi connectivity index (χ3n) is 3.73. The lowest BCUT2D eigenvalue weighted by atomic mass is 10.1. The molecule has 0 bridgehead atoms. The van der Waals surface area contributed by atoms with Crippen LogP contribution in [0.15, 0.2) is 42.5 Å². The van der Waals surface area contributed by atoms with Crippen LogP contribution in [0, 0.1) is 13.8 Å². The van der Waals surface area contributed by atoms with Gasteiger partial charge >= 0.3 is 0 Å². The summed E-state index contributed by atoms with van der Waals surface area (Å²) >= 11 is 0. The van der Waals surface area contributed by atoms with E-state index < -0.39 is 6.10 Å². The largest absolute Gasteiger partial charge is 0.493 e. The minimum Gasteiger partial charge on any atom is -0.493 e. The molecule has 1 unspecified atom stereocenters. The van der Waals surface area contributed by atoms with Crippen molar-refractivity contribution in [2.24, 2.45) is 0 Å². The van der Waals surface area contributed by atoms with Gasteiger partial charge < -0.3 is 14.8 Å². The van der Waals surface area contributed by atoms with Crippen molar-refractivity contribution in [2.45, 2.75) is 33.3 Å². The first-order chi connectivity index (χ1) is 11.1. The molecular weight excluding hydrogens is 290 g/mol. The zero-order chi connectivity index (χ0) is 16.8. The highest BCUT2D eigenvalue weighted by atomic mass is 16.5. The van der Waals surface area contributed by atoms with Crippen molar-refractivity contribution in [1.82, 2.24) is 0 Å². The average molecular weight is 313 g/mol. The number of hydrogen-bond acceptors (Lipinski definition) is 3. The quantitative estimate of drug-likeness (QED) is 0.873. The first kappa shape index (κ1) is 16.9. The molecule has 0 radical (unpaired) electrons. The number of methoxy groups -OCH3 is 1. The van der Waals surface area contributed by atoms with Gasteiger partial charge in [-0.25, -0.2) is 0 Å². The van der Waals surface area contributed by atoms with Gasteiger partial charge in [0.2, 0.25) is 0 Å². The fourth-order valence-corrected chi connectivity index (χ4v) is 2.41. The van der Waals surface area contributed by atoms with Gasteiger partial charge in [-0.05, 0) is 43.5 Å². The van der Waals surface area contributed by atoms with E-state index in [2.05, 4.69) is 5.32 Å². The molecule has 2 rings (SSSR count). The Morgan fingerprint density at radius 3 is 2.22 bits per heavy atom. The lowest BCUT2D eigenvalue weighted by Gasteiger charge is -2.20. The predicted octanol–water partition coefficient (Wildman–Crippen LogP) is 4.11. The molecule has 0 aliphatic heterocycles. The molecule has 4 heteroatoms. The molecule has 1 atom stereocenters. The zero-order valence-corrected chi connectivity index (χ0v) is 14.1. The van der Waals surface area contributed by atoms with Crippen LogP contribution < -0.4 is 14.8 Å². The van der Waals surface area contributed by atoms with Crippen molar-refractivity contribution in [3.8, 4) is 11.5 Å². The zero-order valence-electron chi connectivity index (χ0n) is 14.1. The number of amides is 1. The second kappa shape index (κ2) is 7.68. The van der Waals surface area contributed by atoms with Crippen LogP contribution in [0.2, 0.25) is 0 Å². The van der Waals surface area contributed by atoms with Gasteiger partial charge in [-0.15, -0.1) is 0 Å². The maximum absolute atomic E-state index is 12.6. The monoisotopic (exact) mass is 313 g/mol. The van der Waals surface area contributed by atoms with E-state index in [1.807, 2.05) is 57.2 Å². The number of rotatable bonds is 6. The Hall–Kier alpha value is -2.49. The molecule has 0 aromatic heterocycles. The molecule has 1 N–H and O–H groups in total. The van der Waals surface area contributed by atoms with Gasteiger partial charge in [0, 0.05) is 5.69 Å². The predicted molar refractivity (Wildman–Crippen MR) is 92.2 cm³/mol. The van der Waals surface area contributed by atoms with E-state index >= 15 is 0 Å². The number of hydrogen-bond donors (Lipinski definition) is 1. The van der Waals surface area contributed by atoms with Gasteiger partial charge in [0.25, 0.3) is 5.91 Å². The summed E-state index contributed by atoms with van der Waals surface area (Å²) in [6, 6.07) is 13.3. The Morgan fingerprint density at radius 2 is 1.65 bits per heavy atom. The minimum absolute atomic E-state index is 0.157. The molecule has 0 aliphatic rings. The number of ether oxygens (including phenoxy) is 2. The van der Waals surface area contributed by atoms with Crippen LogP contribution in [-0.4, -0.2) is 19.1 Å². The third-order valence-corrected chi connectivity index (χ3v) is 3.73. The molecule has 122 valence electrons. The molecule has 0 fully saturated rings. The molecule has 2 aromatic rings. The number of benzene rings is 2. The van der Waals surface area contributed by atoms with Crippen LogP contribution >= 0.6 is 0 Å². The second-order valence-electron chi connectivity index (χ2n) is 5.42. The Bertz CT molecular complexity index is 662. The van der Waals surface area contributed by atoms with Gasteiger partial charge in [-0.2, -0.15) is 0 Å². The van der Waals surface area contributed by atoms with Crippen molar-refractivity contribution >= 4 is 11.6 Å². The first-order valence-electron chi connectivity index (χ1n) is 7.73. The summed E-state index contributed by atoms with van der Waals surface area (Å²) in [7, 11) is 1.58. The summed E-state index contributed by atoms with van der Waals surface area (Å²) in [5.41, 5.74) is 2.91. The van der Waals surface area contributed by atoms with Gasteiger partial charge in [0.05, 0.1) is 7.11 Å². The van der Waals surface area contributed by atoms with E-state index in [0.717, 1.165) is 16.8 Å². The van der Waals surface area contributed by atoms with E-state index in [9.17, 15) is 4.79 Å². The van der Waals surface area contributed by atoms with E-state index in [1.165, 1.54) is 0 Å². The number of anilines is 1. The molecule has 23 heavy (non-hydrogen) atoms. The molecule has 1 amide bonds. The van der Waals surface area contributed by atoms with Crippen LogP contribution in [0.5, 0.6) is 11.5 Å². The summed E-state index contributed by atoms with van der Waals surface area (Å²) in [5.74, 6) is 1.03. The minimum atomic E-state index is -0.578. The van der Waals surface area contributed by atoms with Crippen LogP contribution in [0.1, 0.15) is 24.5 Å². The Morgan fingerprint density at radius 1 is 1.04 bits per heavy atom. The third kappa shape index (κ3) is 4.03. The van der Waals surface area contributed by atoms with Crippen molar-refractivity contribution in [3.05, 3.63) is 53.6 Å². The standard InChI is InChI=1S/C19H23NO3/c1-5-15(23-17-12-7-6-11-16(17)22-4)19(21)20-18-13(2)9-8-10-14(18)3/h6-12,15H,5H2,1-4H3,(H,20,21). The second-order valence-corrected chi connectivity index (χ2v) is 5.42. The van der Waals surface area contributed by atoms with Crippen molar-refractivity contribution in [1.29, 1.82) is 0 Å². The number of aryl methyl sites for hydroxylation is 2. The summed E-state index contributed by atoms with van der Waals surface area (Å²) < 4.78 is 11.1. The molecule has 0 heterocycles. The normalized spacial score (nSPS) is 11.7. The first-order valence-corrected chi connectivity index (χ1v) is 7.73. The van der Waals surface area contributed by atoms with E-state index in [0.29, 0.717) is 17.9 Å². The van der Waals surface area contributed by atoms with E-state index in [-0.39, 0.29) is 5.91 Å².